The van der Waals surface area contributed by atoms with Gasteiger partial charge < -0.3 is 5.32 Å². The van der Waals surface area contributed by atoms with Gasteiger partial charge in [0.15, 0.2) is 5.65 Å². The molecular formula is C16H20N6O2. The SMILES string of the molecule is Cc1cc2nc([C@H](C)NC(=O)[C@H](C)n3nccc3C)cc(=O)n2[nH]1. The van der Waals surface area contributed by atoms with Crippen LogP contribution in [-0.2, 0) is 4.79 Å². The zero-order valence-corrected chi connectivity index (χ0v) is 14.1. The van der Waals surface area contributed by atoms with Crippen LogP contribution in [0.2, 0.25) is 0 Å². The maximum Gasteiger partial charge on any atom is 0.272 e. The van der Waals surface area contributed by atoms with Crippen LogP contribution in [0.3, 0.4) is 0 Å². The average Bonchev–Trinajstić information content (AvgIpc) is 3.11. The van der Waals surface area contributed by atoms with Gasteiger partial charge in [-0.25, -0.2) is 9.50 Å². The smallest absolute Gasteiger partial charge is 0.272 e. The molecule has 0 saturated heterocycles. The Labute approximate surface area is 138 Å². The standard InChI is InChI=1S/C16H20N6O2/c1-9-7-14-19-13(8-15(23)22(14)20-9)11(3)18-16(24)12(4)21-10(2)5-6-17-21/h5-8,11-12,20H,1-4H3,(H,18,24)/t11-,12-/m0/s1. The number of nitrogens with one attached hydrogen (secondary N) is 2. The minimum absolute atomic E-state index is 0.179. The van der Waals surface area contributed by atoms with Crippen molar-refractivity contribution in [3.05, 3.63) is 51.8 Å². The number of rotatable bonds is 4. The third-order valence-corrected chi connectivity index (χ3v) is 4.02. The van der Waals surface area contributed by atoms with E-state index in [0.717, 1.165) is 11.4 Å². The molecule has 0 aliphatic carbocycles. The van der Waals surface area contributed by atoms with Gasteiger partial charge in [0.05, 0.1) is 11.7 Å². The number of hydrogen-bond acceptors (Lipinski definition) is 4. The molecule has 0 aromatic carbocycles. The van der Waals surface area contributed by atoms with Crippen molar-refractivity contribution < 1.29 is 4.79 Å². The van der Waals surface area contributed by atoms with Crippen molar-refractivity contribution in [2.45, 2.75) is 39.8 Å². The first-order valence-corrected chi connectivity index (χ1v) is 7.76. The number of aryl methyl sites for hydroxylation is 2. The minimum atomic E-state index is -0.443. The minimum Gasteiger partial charge on any atom is -0.346 e. The highest BCUT2D eigenvalue weighted by molar-refractivity contribution is 5.80. The molecule has 1 amide bonds. The molecular weight excluding hydrogens is 308 g/mol. The van der Waals surface area contributed by atoms with Crippen LogP contribution in [0.15, 0.2) is 29.2 Å². The van der Waals surface area contributed by atoms with Crippen molar-refractivity contribution in [2.75, 3.05) is 0 Å². The van der Waals surface area contributed by atoms with Crippen LogP contribution in [-0.4, -0.2) is 30.3 Å². The summed E-state index contributed by atoms with van der Waals surface area (Å²) in [4.78, 5) is 29.0. The summed E-state index contributed by atoms with van der Waals surface area (Å²) in [6.07, 6.45) is 1.66. The van der Waals surface area contributed by atoms with E-state index in [0.29, 0.717) is 11.3 Å². The van der Waals surface area contributed by atoms with Gasteiger partial charge in [-0.15, -0.1) is 0 Å². The van der Waals surface area contributed by atoms with E-state index in [-0.39, 0.29) is 17.5 Å². The predicted molar refractivity (Wildman–Crippen MR) is 88.8 cm³/mol. The van der Waals surface area contributed by atoms with E-state index in [1.807, 2.05) is 19.9 Å². The van der Waals surface area contributed by atoms with Crippen LogP contribution >= 0.6 is 0 Å². The van der Waals surface area contributed by atoms with E-state index < -0.39 is 6.04 Å². The van der Waals surface area contributed by atoms with Gasteiger partial charge in [-0.2, -0.15) is 5.10 Å². The van der Waals surface area contributed by atoms with Crippen molar-refractivity contribution >= 4 is 11.6 Å². The van der Waals surface area contributed by atoms with Gasteiger partial charge in [0.25, 0.3) is 5.56 Å². The fourth-order valence-corrected chi connectivity index (χ4v) is 2.66. The molecule has 8 nitrogen and oxygen atoms in total. The largest absolute Gasteiger partial charge is 0.346 e. The molecule has 0 saturated carbocycles. The second-order valence-corrected chi connectivity index (χ2v) is 5.98. The lowest BCUT2D eigenvalue weighted by atomic mass is 10.2. The predicted octanol–water partition coefficient (Wildman–Crippen LogP) is 1.27. The number of nitrogens with zero attached hydrogens (tertiary/aromatic N) is 4. The van der Waals surface area contributed by atoms with E-state index >= 15 is 0 Å². The first-order valence-electron chi connectivity index (χ1n) is 7.76. The van der Waals surface area contributed by atoms with E-state index in [2.05, 4.69) is 20.5 Å². The molecule has 0 aliphatic rings. The number of carbonyl (C=O) groups is 1. The second-order valence-electron chi connectivity index (χ2n) is 5.98. The fraction of sp³-hybridized carbons (Fsp3) is 0.375. The Balaban J connectivity index is 1.82. The quantitative estimate of drug-likeness (QED) is 0.754. The van der Waals surface area contributed by atoms with Gasteiger partial charge >= 0.3 is 0 Å². The molecule has 3 rings (SSSR count). The highest BCUT2D eigenvalue weighted by Gasteiger charge is 2.20. The Bertz CT molecular complexity index is 951. The second kappa shape index (κ2) is 5.95. The van der Waals surface area contributed by atoms with Crippen LogP contribution < -0.4 is 10.9 Å². The van der Waals surface area contributed by atoms with Gasteiger partial charge in [0.1, 0.15) is 6.04 Å². The molecule has 0 spiro atoms. The highest BCUT2D eigenvalue weighted by Crippen LogP contribution is 2.13. The molecule has 126 valence electrons. The van der Waals surface area contributed by atoms with E-state index in [9.17, 15) is 9.59 Å². The third kappa shape index (κ3) is 2.82. The Kier molecular flexibility index (Phi) is 3.96. The van der Waals surface area contributed by atoms with Crippen molar-refractivity contribution in [3.63, 3.8) is 0 Å². The number of fused-ring (bicyclic) bond motifs is 1. The van der Waals surface area contributed by atoms with Crippen molar-refractivity contribution in [3.8, 4) is 0 Å². The maximum atomic E-state index is 12.4. The summed E-state index contributed by atoms with van der Waals surface area (Å²) in [7, 11) is 0. The fourth-order valence-electron chi connectivity index (χ4n) is 2.66. The molecule has 2 atom stereocenters. The van der Waals surface area contributed by atoms with E-state index in [1.54, 1.807) is 30.8 Å². The molecule has 0 radical (unpaired) electrons. The molecule has 2 N–H and O–H groups in total. The molecule has 3 heterocycles. The van der Waals surface area contributed by atoms with Crippen molar-refractivity contribution in [2.24, 2.45) is 0 Å². The normalized spacial score (nSPS) is 13.8. The summed E-state index contributed by atoms with van der Waals surface area (Å²) < 4.78 is 3.03. The monoisotopic (exact) mass is 328 g/mol. The van der Waals surface area contributed by atoms with Crippen LogP contribution in [0.5, 0.6) is 0 Å². The molecule has 3 aromatic heterocycles. The van der Waals surface area contributed by atoms with Gasteiger partial charge in [-0.05, 0) is 33.8 Å². The van der Waals surface area contributed by atoms with E-state index in [4.69, 9.17) is 0 Å². The first-order chi connectivity index (χ1) is 11.4. The number of carbonyl (C=O) groups excluding carboxylic acids is 1. The van der Waals surface area contributed by atoms with Crippen molar-refractivity contribution in [1.82, 2.24) is 29.7 Å². The summed E-state index contributed by atoms with van der Waals surface area (Å²) in [5, 5.41) is 9.97. The summed E-state index contributed by atoms with van der Waals surface area (Å²) in [5.41, 5.74) is 2.60. The summed E-state index contributed by atoms with van der Waals surface area (Å²) >= 11 is 0. The summed E-state index contributed by atoms with van der Waals surface area (Å²) in [6.45, 7) is 7.33. The number of aromatic amines is 1. The lowest BCUT2D eigenvalue weighted by Gasteiger charge is -2.18. The molecule has 0 fully saturated rings. The van der Waals surface area contributed by atoms with Gasteiger partial charge in [-0.1, -0.05) is 0 Å². The Hall–Kier alpha value is -2.90. The molecule has 0 bridgehead atoms. The Morgan fingerprint density at radius 1 is 1.29 bits per heavy atom. The lowest BCUT2D eigenvalue weighted by molar-refractivity contribution is -0.124. The first kappa shape index (κ1) is 16.0. The number of H-pyrrole nitrogens is 1. The Morgan fingerprint density at radius 2 is 2.04 bits per heavy atom. The highest BCUT2D eigenvalue weighted by atomic mass is 16.2. The zero-order chi connectivity index (χ0) is 17.4. The van der Waals surface area contributed by atoms with Crippen LogP contribution in [0.4, 0.5) is 0 Å². The number of aromatic nitrogens is 5. The molecule has 24 heavy (non-hydrogen) atoms. The summed E-state index contributed by atoms with van der Waals surface area (Å²) in [6, 6.07) is 4.23. The molecule has 8 heteroatoms. The maximum absolute atomic E-state index is 12.4. The van der Waals surface area contributed by atoms with Gasteiger partial charge in [0, 0.05) is 29.7 Å². The Morgan fingerprint density at radius 3 is 2.71 bits per heavy atom. The van der Waals surface area contributed by atoms with Gasteiger partial charge in [-0.3, -0.25) is 19.4 Å². The molecule has 0 aliphatic heterocycles. The van der Waals surface area contributed by atoms with Crippen molar-refractivity contribution in [1.29, 1.82) is 0 Å². The summed E-state index contributed by atoms with van der Waals surface area (Å²) in [5.74, 6) is -0.179. The third-order valence-electron chi connectivity index (χ3n) is 4.02. The van der Waals surface area contributed by atoms with E-state index in [1.165, 1.54) is 10.6 Å². The zero-order valence-electron chi connectivity index (χ0n) is 14.1. The molecule has 3 aromatic rings. The topological polar surface area (TPSA) is 97.1 Å². The average molecular weight is 328 g/mol. The van der Waals surface area contributed by atoms with Gasteiger partial charge in [0.2, 0.25) is 5.91 Å². The van der Waals surface area contributed by atoms with Crippen LogP contribution in [0, 0.1) is 13.8 Å². The van der Waals surface area contributed by atoms with Crippen LogP contribution in [0.25, 0.3) is 5.65 Å². The van der Waals surface area contributed by atoms with Crippen LogP contribution in [0.1, 0.15) is 43.0 Å². The lowest BCUT2D eigenvalue weighted by Crippen LogP contribution is -2.34. The number of amides is 1. The molecule has 0 unspecified atom stereocenters. The number of hydrogen-bond donors (Lipinski definition) is 2.